The SMILES string of the molecule is C[C@H]1CCN[C@@]12CCOC2. The number of nitrogens with one attached hydrogen (secondary N) is 1. The molecule has 2 rings (SSSR count). The van der Waals surface area contributed by atoms with E-state index in [0.29, 0.717) is 5.54 Å². The molecule has 1 spiro atoms. The summed E-state index contributed by atoms with van der Waals surface area (Å²) in [7, 11) is 0. The van der Waals surface area contributed by atoms with Gasteiger partial charge < -0.3 is 10.1 Å². The van der Waals surface area contributed by atoms with E-state index in [9.17, 15) is 0 Å². The van der Waals surface area contributed by atoms with Crippen LogP contribution in [0.5, 0.6) is 0 Å². The van der Waals surface area contributed by atoms with Crippen molar-refractivity contribution in [1.82, 2.24) is 5.32 Å². The fourth-order valence-electron chi connectivity index (χ4n) is 2.10. The summed E-state index contributed by atoms with van der Waals surface area (Å²) in [6.45, 7) is 5.41. The molecule has 0 aromatic carbocycles. The Morgan fingerprint density at radius 1 is 1.60 bits per heavy atom. The molecule has 2 saturated heterocycles. The second-order valence-electron chi connectivity index (χ2n) is 3.58. The molecule has 0 saturated carbocycles. The van der Waals surface area contributed by atoms with Gasteiger partial charge in [0.2, 0.25) is 0 Å². The van der Waals surface area contributed by atoms with Gasteiger partial charge in [0.05, 0.1) is 6.61 Å². The van der Waals surface area contributed by atoms with Gasteiger partial charge in [-0.2, -0.15) is 0 Å². The van der Waals surface area contributed by atoms with Crippen LogP contribution >= 0.6 is 0 Å². The Morgan fingerprint density at radius 3 is 3.00 bits per heavy atom. The van der Waals surface area contributed by atoms with E-state index in [4.69, 9.17) is 4.74 Å². The van der Waals surface area contributed by atoms with E-state index in [1.807, 2.05) is 0 Å². The molecular weight excluding hydrogens is 126 g/mol. The number of rotatable bonds is 0. The molecule has 10 heavy (non-hydrogen) atoms. The maximum absolute atomic E-state index is 5.39. The van der Waals surface area contributed by atoms with Crippen LogP contribution in [-0.2, 0) is 4.74 Å². The second kappa shape index (κ2) is 2.21. The molecule has 0 aromatic rings. The van der Waals surface area contributed by atoms with Crippen molar-refractivity contribution in [1.29, 1.82) is 0 Å². The van der Waals surface area contributed by atoms with Crippen molar-refractivity contribution in [3.05, 3.63) is 0 Å². The van der Waals surface area contributed by atoms with E-state index in [2.05, 4.69) is 12.2 Å². The van der Waals surface area contributed by atoms with Crippen LogP contribution in [0.1, 0.15) is 19.8 Å². The first-order chi connectivity index (χ1) is 4.83. The van der Waals surface area contributed by atoms with Gasteiger partial charge in [-0.3, -0.25) is 0 Å². The van der Waals surface area contributed by atoms with Gasteiger partial charge in [0.15, 0.2) is 0 Å². The average molecular weight is 141 g/mol. The van der Waals surface area contributed by atoms with E-state index in [-0.39, 0.29) is 0 Å². The maximum atomic E-state index is 5.39. The molecule has 2 atom stereocenters. The zero-order chi connectivity index (χ0) is 7.03. The number of ether oxygens (including phenoxy) is 1. The molecule has 0 amide bonds. The molecule has 2 fully saturated rings. The highest BCUT2D eigenvalue weighted by Crippen LogP contribution is 2.33. The van der Waals surface area contributed by atoms with Crippen molar-refractivity contribution in [2.75, 3.05) is 19.8 Å². The topological polar surface area (TPSA) is 21.3 Å². The van der Waals surface area contributed by atoms with E-state index in [0.717, 1.165) is 19.1 Å². The van der Waals surface area contributed by atoms with Crippen LogP contribution in [0.2, 0.25) is 0 Å². The first kappa shape index (κ1) is 6.62. The standard InChI is InChI=1S/C8H15NO/c1-7-2-4-9-8(7)3-5-10-6-8/h7,9H,2-6H2,1H3/t7-,8+/m0/s1. The lowest BCUT2D eigenvalue weighted by atomic mass is 9.86. The lowest BCUT2D eigenvalue weighted by molar-refractivity contribution is 0.160. The van der Waals surface area contributed by atoms with Crippen molar-refractivity contribution < 1.29 is 4.74 Å². The highest BCUT2D eigenvalue weighted by atomic mass is 16.5. The molecule has 2 heteroatoms. The summed E-state index contributed by atoms with van der Waals surface area (Å²) in [6, 6.07) is 0. The number of hydrogen-bond donors (Lipinski definition) is 1. The van der Waals surface area contributed by atoms with Crippen molar-refractivity contribution in [2.24, 2.45) is 5.92 Å². The van der Waals surface area contributed by atoms with Crippen LogP contribution in [-0.4, -0.2) is 25.3 Å². The molecule has 1 N–H and O–H groups in total. The first-order valence-corrected chi connectivity index (χ1v) is 4.16. The minimum absolute atomic E-state index is 0.375. The van der Waals surface area contributed by atoms with Gasteiger partial charge in [0.1, 0.15) is 0 Å². The number of hydrogen-bond acceptors (Lipinski definition) is 2. The van der Waals surface area contributed by atoms with Crippen LogP contribution in [0.4, 0.5) is 0 Å². The Balaban J connectivity index is 2.11. The van der Waals surface area contributed by atoms with Crippen LogP contribution in [0.25, 0.3) is 0 Å². The van der Waals surface area contributed by atoms with E-state index in [1.165, 1.54) is 19.4 Å². The molecule has 0 bridgehead atoms. The van der Waals surface area contributed by atoms with Crippen molar-refractivity contribution in [3.8, 4) is 0 Å². The van der Waals surface area contributed by atoms with Crippen LogP contribution in [0.3, 0.4) is 0 Å². The van der Waals surface area contributed by atoms with Gasteiger partial charge in [-0.15, -0.1) is 0 Å². The van der Waals surface area contributed by atoms with Gasteiger partial charge in [-0.05, 0) is 25.3 Å². The monoisotopic (exact) mass is 141 g/mol. The Bertz CT molecular complexity index is 124. The molecule has 0 radical (unpaired) electrons. The third kappa shape index (κ3) is 0.789. The summed E-state index contributed by atoms with van der Waals surface area (Å²) in [6.07, 6.45) is 2.54. The summed E-state index contributed by atoms with van der Waals surface area (Å²) in [5.74, 6) is 0.815. The normalized spacial score (nSPS) is 47.1. The van der Waals surface area contributed by atoms with Crippen molar-refractivity contribution in [3.63, 3.8) is 0 Å². The highest BCUT2D eigenvalue weighted by Gasteiger charge is 2.42. The van der Waals surface area contributed by atoms with Crippen molar-refractivity contribution in [2.45, 2.75) is 25.3 Å². The third-order valence-corrected chi connectivity index (χ3v) is 3.05. The van der Waals surface area contributed by atoms with Crippen LogP contribution in [0, 0.1) is 5.92 Å². The molecule has 0 aliphatic carbocycles. The van der Waals surface area contributed by atoms with E-state index < -0.39 is 0 Å². The Hall–Kier alpha value is -0.0800. The summed E-state index contributed by atoms with van der Waals surface area (Å²) in [5.41, 5.74) is 0.375. The zero-order valence-corrected chi connectivity index (χ0v) is 6.52. The van der Waals surface area contributed by atoms with Crippen molar-refractivity contribution >= 4 is 0 Å². The molecule has 2 aliphatic heterocycles. The van der Waals surface area contributed by atoms with Crippen LogP contribution < -0.4 is 5.32 Å². The summed E-state index contributed by atoms with van der Waals surface area (Å²) >= 11 is 0. The van der Waals surface area contributed by atoms with Crippen LogP contribution in [0.15, 0.2) is 0 Å². The zero-order valence-electron chi connectivity index (χ0n) is 6.52. The fraction of sp³-hybridized carbons (Fsp3) is 1.00. The molecule has 2 heterocycles. The first-order valence-electron chi connectivity index (χ1n) is 4.16. The molecule has 2 aliphatic rings. The van der Waals surface area contributed by atoms with E-state index >= 15 is 0 Å². The smallest absolute Gasteiger partial charge is 0.0651 e. The Morgan fingerprint density at radius 2 is 2.50 bits per heavy atom. The summed E-state index contributed by atoms with van der Waals surface area (Å²) < 4.78 is 5.39. The Kier molecular flexibility index (Phi) is 1.46. The lowest BCUT2D eigenvalue weighted by Crippen LogP contribution is -2.44. The largest absolute Gasteiger partial charge is 0.379 e. The molecule has 0 aromatic heterocycles. The highest BCUT2D eigenvalue weighted by molar-refractivity contribution is 5.00. The van der Waals surface area contributed by atoms with Gasteiger partial charge in [-0.1, -0.05) is 6.92 Å². The predicted octanol–water partition coefficient (Wildman–Crippen LogP) is 0.775. The summed E-state index contributed by atoms with van der Waals surface area (Å²) in [4.78, 5) is 0. The van der Waals surface area contributed by atoms with Gasteiger partial charge in [0.25, 0.3) is 0 Å². The van der Waals surface area contributed by atoms with Gasteiger partial charge >= 0.3 is 0 Å². The average Bonchev–Trinajstić information content (AvgIpc) is 2.48. The van der Waals surface area contributed by atoms with Gasteiger partial charge in [-0.25, -0.2) is 0 Å². The molecule has 2 nitrogen and oxygen atoms in total. The third-order valence-electron chi connectivity index (χ3n) is 3.05. The Labute approximate surface area is 61.9 Å². The minimum Gasteiger partial charge on any atom is -0.379 e. The second-order valence-corrected chi connectivity index (χ2v) is 3.58. The minimum atomic E-state index is 0.375. The lowest BCUT2D eigenvalue weighted by Gasteiger charge is -2.26. The molecular formula is C8H15NO. The molecule has 0 unspecified atom stereocenters. The maximum Gasteiger partial charge on any atom is 0.0651 e. The molecule has 58 valence electrons. The van der Waals surface area contributed by atoms with Gasteiger partial charge in [0, 0.05) is 12.1 Å². The predicted molar refractivity (Wildman–Crippen MR) is 40.0 cm³/mol. The quantitative estimate of drug-likeness (QED) is 0.538. The van der Waals surface area contributed by atoms with E-state index in [1.54, 1.807) is 0 Å². The summed E-state index contributed by atoms with van der Waals surface area (Å²) in [5, 5.41) is 3.56. The fourth-order valence-corrected chi connectivity index (χ4v) is 2.10.